The lowest BCUT2D eigenvalue weighted by molar-refractivity contribution is 0.459. The van der Waals surface area contributed by atoms with E-state index in [1.165, 1.54) is 10.1 Å². The Morgan fingerprint density at radius 2 is 1.57 bits per heavy atom. The van der Waals surface area contributed by atoms with Gasteiger partial charge in [-0.2, -0.15) is 0 Å². The lowest BCUT2D eigenvalue weighted by atomic mass is 9.90. The molecule has 6 aromatic heterocycles. The summed E-state index contributed by atoms with van der Waals surface area (Å²) < 4.78 is 20.6. The molecule has 0 spiro atoms. The Balaban J connectivity index is 1.39. The molecular weight excluding hydrogens is 643 g/mol. The summed E-state index contributed by atoms with van der Waals surface area (Å²) in [7, 11) is 0. The Labute approximate surface area is 279 Å². The Hall–Kier alpha value is -5.35. The molecule has 10 aromatic rings. The fourth-order valence-corrected chi connectivity index (χ4v) is 9.37. The lowest BCUT2D eigenvalue weighted by Gasteiger charge is -2.17. The van der Waals surface area contributed by atoms with Crippen molar-refractivity contribution in [1.82, 2.24) is 15.1 Å². The topological polar surface area (TPSA) is 78.1 Å². The zero-order valence-corrected chi connectivity index (χ0v) is 26.9. The number of hydrogen-bond donors (Lipinski definition) is 0. The van der Waals surface area contributed by atoms with Crippen molar-refractivity contribution in [1.29, 1.82) is 0 Å². The molecule has 6 heterocycles. The molecule has 224 valence electrons. The van der Waals surface area contributed by atoms with Gasteiger partial charge in [-0.15, -0.1) is 34.0 Å². The maximum atomic E-state index is 6.60. The highest BCUT2D eigenvalue weighted by Crippen LogP contribution is 2.53. The molecule has 0 N–H and O–H groups in total. The van der Waals surface area contributed by atoms with Gasteiger partial charge in [-0.05, 0) is 70.9 Å². The summed E-state index contributed by atoms with van der Waals surface area (Å²) in [5.41, 5.74) is 7.98. The maximum Gasteiger partial charge on any atom is 0.230 e. The smallest absolute Gasteiger partial charge is 0.230 e. The molecule has 47 heavy (non-hydrogen) atoms. The molecule has 4 aromatic carbocycles. The van der Waals surface area contributed by atoms with Crippen LogP contribution >= 0.6 is 34.0 Å². The number of para-hydroxylation sites is 3. The van der Waals surface area contributed by atoms with Gasteiger partial charge in [-0.25, -0.2) is 9.97 Å². The van der Waals surface area contributed by atoms with Crippen LogP contribution in [0.5, 0.6) is 0 Å². The average Bonchev–Trinajstić information content (AvgIpc) is 3.95. The molecule has 9 heteroatoms. The SMILES string of the molecule is c1coc(Cc2c(-c3cccs3)c(-c3cc4ccccc4s3)c(-c3nc4ccccc4o3)c3nc(-c4noc5ccccc45)sc23)c1. The van der Waals surface area contributed by atoms with Gasteiger partial charge in [0.1, 0.15) is 22.0 Å². The van der Waals surface area contributed by atoms with Crippen molar-refractivity contribution >= 4 is 76.4 Å². The second-order valence-electron chi connectivity index (χ2n) is 11.2. The summed E-state index contributed by atoms with van der Waals surface area (Å²) in [6.07, 6.45) is 2.32. The van der Waals surface area contributed by atoms with E-state index >= 15 is 0 Å². The van der Waals surface area contributed by atoms with E-state index in [2.05, 4.69) is 53.0 Å². The van der Waals surface area contributed by atoms with Crippen LogP contribution in [0.15, 0.2) is 128 Å². The molecule has 10 rings (SSSR count). The van der Waals surface area contributed by atoms with Crippen molar-refractivity contribution < 1.29 is 13.4 Å². The quantitative estimate of drug-likeness (QED) is 0.176. The average molecular weight is 664 g/mol. The molecule has 0 bridgehead atoms. The fourth-order valence-electron chi connectivity index (χ4n) is 6.33. The summed E-state index contributed by atoms with van der Waals surface area (Å²) in [6, 6.07) is 34.9. The highest BCUT2D eigenvalue weighted by atomic mass is 32.1. The van der Waals surface area contributed by atoms with Crippen molar-refractivity contribution in [3.05, 3.63) is 126 Å². The van der Waals surface area contributed by atoms with Gasteiger partial charge in [0, 0.05) is 32.0 Å². The Bertz CT molecular complexity index is 2660. The molecule has 0 aliphatic heterocycles. The van der Waals surface area contributed by atoms with Crippen LogP contribution in [0.4, 0.5) is 0 Å². The van der Waals surface area contributed by atoms with E-state index < -0.39 is 0 Å². The van der Waals surface area contributed by atoms with Crippen LogP contribution in [-0.2, 0) is 6.42 Å². The van der Waals surface area contributed by atoms with E-state index in [-0.39, 0.29) is 0 Å². The Kier molecular flexibility index (Phi) is 6.05. The zero-order chi connectivity index (χ0) is 30.9. The van der Waals surface area contributed by atoms with Gasteiger partial charge in [0.05, 0.1) is 27.4 Å². The number of thiazole rings is 1. The van der Waals surface area contributed by atoms with E-state index in [1.807, 2.05) is 60.7 Å². The van der Waals surface area contributed by atoms with E-state index in [0.717, 1.165) is 80.8 Å². The first kappa shape index (κ1) is 26.8. The standard InChI is InChI=1S/C38H21N3O3S3/c1-6-15-28-21(9-1)19-30(46-28)32-31(29-16-8-18-45-29)24(20-22-10-7-17-42-22)36-35(33(32)37-39-25-12-3-5-14-27(25)43-37)40-38(47-36)34-23-11-2-4-13-26(23)44-41-34/h1-19H,20H2. The number of rotatable bonds is 6. The van der Waals surface area contributed by atoms with Gasteiger partial charge in [0.15, 0.2) is 11.2 Å². The third kappa shape index (κ3) is 4.31. The predicted octanol–water partition coefficient (Wildman–Crippen LogP) is 11.7. The predicted molar refractivity (Wildman–Crippen MR) is 191 cm³/mol. The Morgan fingerprint density at radius 1 is 0.702 bits per heavy atom. The van der Waals surface area contributed by atoms with Gasteiger partial charge in [0.25, 0.3) is 0 Å². The van der Waals surface area contributed by atoms with Crippen molar-refractivity contribution in [2.75, 3.05) is 0 Å². The van der Waals surface area contributed by atoms with Crippen LogP contribution in [0.25, 0.3) is 85.4 Å². The molecule has 0 fully saturated rings. The van der Waals surface area contributed by atoms with E-state index in [0.29, 0.717) is 12.3 Å². The van der Waals surface area contributed by atoms with Gasteiger partial charge in [0.2, 0.25) is 5.89 Å². The van der Waals surface area contributed by atoms with Crippen molar-refractivity contribution in [2.45, 2.75) is 6.42 Å². The molecule has 6 nitrogen and oxygen atoms in total. The number of fused-ring (bicyclic) bond motifs is 4. The van der Waals surface area contributed by atoms with Gasteiger partial charge in [-0.3, -0.25) is 0 Å². The molecule has 0 unspecified atom stereocenters. The number of aromatic nitrogens is 3. The van der Waals surface area contributed by atoms with Gasteiger partial charge < -0.3 is 13.4 Å². The van der Waals surface area contributed by atoms with Crippen LogP contribution in [-0.4, -0.2) is 15.1 Å². The number of thiophene rings is 2. The second-order valence-corrected chi connectivity index (χ2v) is 14.2. The third-order valence-corrected chi connectivity index (χ3v) is 11.5. The molecular formula is C38H21N3O3S3. The van der Waals surface area contributed by atoms with Crippen molar-refractivity contribution in [2.24, 2.45) is 0 Å². The van der Waals surface area contributed by atoms with Crippen LogP contribution in [0.2, 0.25) is 0 Å². The number of oxazole rings is 1. The van der Waals surface area contributed by atoms with Crippen LogP contribution in [0.3, 0.4) is 0 Å². The molecule has 0 saturated carbocycles. The molecule has 0 atom stereocenters. The zero-order valence-electron chi connectivity index (χ0n) is 24.5. The number of hydrogen-bond acceptors (Lipinski definition) is 9. The second kappa shape index (κ2) is 10.6. The fraction of sp³-hybridized carbons (Fsp3) is 0.0263. The number of benzene rings is 4. The van der Waals surface area contributed by atoms with Crippen LogP contribution < -0.4 is 0 Å². The van der Waals surface area contributed by atoms with Crippen molar-refractivity contribution in [3.8, 4) is 43.0 Å². The minimum absolute atomic E-state index is 0.535. The first-order valence-corrected chi connectivity index (χ1v) is 17.5. The summed E-state index contributed by atoms with van der Waals surface area (Å²) in [5, 5.41) is 9.52. The monoisotopic (exact) mass is 663 g/mol. The minimum Gasteiger partial charge on any atom is -0.469 e. The van der Waals surface area contributed by atoms with Crippen LogP contribution in [0.1, 0.15) is 11.3 Å². The van der Waals surface area contributed by atoms with Gasteiger partial charge >= 0.3 is 0 Å². The summed E-state index contributed by atoms with van der Waals surface area (Å²) in [4.78, 5) is 12.7. The summed E-state index contributed by atoms with van der Waals surface area (Å²) in [6.45, 7) is 0. The van der Waals surface area contributed by atoms with E-state index in [1.54, 1.807) is 40.3 Å². The first-order chi connectivity index (χ1) is 23.3. The lowest BCUT2D eigenvalue weighted by Crippen LogP contribution is -1.98. The highest BCUT2D eigenvalue weighted by molar-refractivity contribution is 7.23. The minimum atomic E-state index is 0.535. The molecule has 0 aliphatic rings. The van der Waals surface area contributed by atoms with Gasteiger partial charge in [-0.1, -0.05) is 53.7 Å². The van der Waals surface area contributed by atoms with Crippen LogP contribution in [0, 0.1) is 0 Å². The van der Waals surface area contributed by atoms with E-state index in [4.69, 9.17) is 23.3 Å². The summed E-state index contributed by atoms with van der Waals surface area (Å²) in [5.74, 6) is 1.41. The number of nitrogens with zero attached hydrogens (tertiary/aromatic N) is 3. The normalized spacial score (nSPS) is 11.9. The first-order valence-electron chi connectivity index (χ1n) is 15.0. The van der Waals surface area contributed by atoms with E-state index in [9.17, 15) is 0 Å². The molecule has 0 saturated heterocycles. The molecule has 0 radical (unpaired) electrons. The Morgan fingerprint density at radius 3 is 2.43 bits per heavy atom. The maximum absolute atomic E-state index is 6.60. The number of furan rings is 1. The molecule has 0 amide bonds. The highest BCUT2D eigenvalue weighted by Gasteiger charge is 2.31. The van der Waals surface area contributed by atoms with Crippen molar-refractivity contribution in [3.63, 3.8) is 0 Å². The third-order valence-electron chi connectivity index (χ3n) is 8.40. The molecule has 0 aliphatic carbocycles. The summed E-state index contributed by atoms with van der Waals surface area (Å²) >= 11 is 5.11. The largest absolute Gasteiger partial charge is 0.469 e.